The third-order valence-electron chi connectivity index (χ3n) is 5.75. The van der Waals surface area contributed by atoms with Crippen LogP contribution in [0.2, 0.25) is 0 Å². The predicted octanol–water partition coefficient (Wildman–Crippen LogP) is 5.15. The van der Waals surface area contributed by atoms with Crippen molar-refractivity contribution in [3.63, 3.8) is 0 Å². The second kappa shape index (κ2) is 9.10. The lowest BCUT2D eigenvalue weighted by Gasteiger charge is -2.31. The van der Waals surface area contributed by atoms with Crippen LogP contribution < -0.4 is 10.2 Å². The third-order valence-corrected chi connectivity index (χ3v) is 6.03. The molecular formula is C25H28N4OS. The first kappa shape index (κ1) is 21.4. The zero-order valence-corrected chi connectivity index (χ0v) is 19.1. The minimum Gasteiger partial charge on any atom is -0.366 e. The molecule has 0 aliphatic carbocycles. The number of aromatic nitrogens is 2. The zero-order chi connectivity index (χ0) is 22.0. The fourth-order valence-corrected chi connectivity index (χ4v) is 4.06. The van der Waals surface area contributed by atoms with Crippen molar-refractivity contribution < 1.29 is 4.79 Å². The van der Waals surface area contributed by atoms with Gasteiger partial charge in [0.25, 0.3) is 5.91 Å². The molecule has 0 atom stereocenters. The van der Waals surface area contributed by atoms with E-state index >= 15 is 0 Å². The number of hydrogen-bond donors (Lipinski definition) is 2. The molecule has 3 aromatic rings. The van der Waals surface area contributed by atoms with Crippen LogP contribution in [0.25, 0.3) is 0 Å². The molecule has 31 heavy (non-hydrogen) atoms. The van der Waals surface area contributed by atoms with Gasteiger partial charge in [0, 0.05) is 48.2 Å². The van der Waals surface area contributed by atoms with Crippen molar-refractivity contribution in [1.82, 2.24) is 9.97 Å². The van der Waals surface area contributed by atoms with Crippen LogP contribution in [0, 0.1) is 6.92 Å². The van der Waals surface area contributed by atoms with Gasteiger partial charge in [0.2, 0.25) is 0 Å². The molecule has 1 aliphatic rings. The van der Waals surface area contributed by atoms with Crippen LogP contribution in [0.15, 0.2) is 48.7 Å². The maximum absolute atomic E-state index is 13.0. The molecule has 1 aromatic heterocycles. The van der Waals surface area contributed by atoms with Crippen LogP contribution in [-0.2, 0) is 18.7 Å². The summed E-state index contributed by atoms with van der Waals surface area (Å²) in [6, 6.07) is 13.9. The Kier molecular flexibility index (Phi) is 6.28. The topological polar surface area (TPSA) is 58.1 Å². The fourth-order valence-electron chi connectivity index (χ4n) is 3.91. The highest BCUT2D eigenvalue weighted by atomic mass is 32.1. The van der Waals surface area contributed by atoms with Crippen molar-refractivity contribution in [3.05, 3.63) is 82.4 Å². The molecule has 1 N–H and O–H groups in total. The quantitative estimate of drug-likeness (QED) is 0.547. The molecular weight excluding hydrogens is 404 g/mol. The van der Waals surface area contributed by atoms with Crippen molar-refractivity contribution >= 4 is 29.9 Å². The van der Waals surface area contributed by atoms with Crippen molar-refractivity contribution in [1.29, 1.82) is 0 Å². The fraction of sp³-hybridized carbons (Fsp3) is 0.320. The summed E-state index contributed by atoms with van der Waals surface area (Å²) in [7, 11) is 0. The molecule has 5 nitrogen and oxygen atoms in total. The van der Waals surface area contributed by atoms with E-state index in [0.717, 1.165) is 53.5 Å². The van der Waals surface area contributed by atoms with E-state index < -0.39 is 0 Å². The van der Waals surface area contributed by atoms with Gasteiger partial charge in [0.1, 0.15) is 5.82 Å². The molecule has 1 aliphatic heterocycles. The normalized spacial score (nSPS) is 13.3. The molecule has 6 heteroatoms. The number of benzene rings is 2. The van der Waals surface area contributed by atoms with Crippen LogP contribution >= 0.6 is 12.6 Å². The van der Waals surface area contributed by atoms with Gasteiger partial charge in [-0.25, -0.2) is 9.97 Å². The molecule has 2 aromatic carbocycles. The summed E-state index contributed by atoms with van der Waals surface area (Å²) in [6.45, 7) is 7.98. The van der Waals surface area contributed by atoms with Crippen LogP contribution in [0.5, 0.6) is 0 Å². The SMILES string of the molecule is Cc1ccc(C(=O)Nc2cccc(C(C)C)c2)cc1N1CCc2nc(CS)ncc2C1. The Bertz CT molecular complexity index is 1110. The number of rotatable bonds is 5. The number of hydrogen-bond acceptors (Lipinski definition) is 5. The highest BCUT2D eigenvalue weighted by Gasteiger charge is 2.21. The number of thiol groups is 1. The smallest absolute Gasteiger partial charge is 0.255 e. The van der Waals surface area contributed by atoms with Crippen LogP contribution in [-0.4, -0.2) is 22.4 Å². The first-order valence-electron chi connectivity index (χ1n) is 10.7. The first-order valence-corrected chi connectivity index (χ1v) is 11.3. The van der Waals surface area contributed by atoms with Crippen LogP contribution in [0.1, 0.15) is 58.3 Å². The van der Waals surface area contributed by atoms with Gasteiger partial charge in [-0.15, -0.1) is 0 Å². The Hall–Kier alpha value is -2.86. The summed E-state index contributed by atoms with van der Waals surface area (Å²) in [4.78, 5) is 24.3. The van der Waals surface area contributed by atoms with Gasteiger partial charge in [-0.3, -0.25) is 4.79 Å². The number of nitrogens with zero attached hydrogens (tertiary/aromatic N) is 3. The summed E-state index contributed by atoms with van der Waals surface area (Å²) < 4.78 is 0. The van der Waals surface area contributed by atoms with E-state index in [1.54, 1.807) is 0 Å². The molecule has 0 saturated heterocycles. The molecule has 4 rings (SSSR count). The second-order valence-electron chi connectivity index (χ2n) is 8.32. The summed E-state index contributed by atoms with van der Waals surface area (Å²) in [5, 5.41) is 3.05. The molecule has 0 saturated carbocycles. The lowest BCUT2D eigenvalue weighted by Crippen LogP contribution is -2.32. The number of nitrogens with one attached hydrogen (secondary N) is 1. The van der Waals surface area contributed by atoms with Gasteiger partial charge >= 0.3 is 0 Å². The zero-order valence-electron chi connectivity index (χ0n) is 18.2. The highest BCUT2D eigenvalue weighted by molar-refractivity contribution is 7.79. The van der Waals surface area contributed by atoms with E-state index in [1.807, 2.05) is 42.6 Å². The Labute approximate surface area is 189 Å². The van der Waals surface area contributed by atoms with Crippen molar-refractivity contribution in [2.45, 2.75) is 45.4 Å². The number of carbonyl (C=O) groups is 1. The van der Waals surface area contributed by atoms with Crippen molar-refractivity contribution in [2.75, 3.05) is 16.8 Å². The lowest BCUT2D eigenvalue weighted by atomic mass is 10.0. The minimum atomic E-state index is -0.0960. The molecule has 1 amide bonds. The number of anilines is 2. The monoisotopic (exact) mass is 432 g/mol. The Morgan fingerprint density at radius 2 is 2.06 bits per heavy atom. The molecule has 0 fully saturated rings. The summed E-state index contributed by atoms with van der Waals surface area (Å²) in [5.74, 6) is 1.64. The second-order valence-corrected chi connectivity index (χ2v) is 8.64. The standard InChI is InChI=1S/C25H28N4OS/c1-16(2)18-5-4-6-21(11-18)27-25(30)19-8-7-17(3)23(12-19)29-10-9-22-20(14-29)13-26-24(15-31)28-22/h4-8,11-13,16,31H,9-10,14-15H2,1-3H3,(H,27,30). The maximum atomic E-state index is 13.0. The molecule has 0 radical (unpaired) electrons. The van der Waals surface area contributed by atoms with Gasteiger partial charge < -0.3 is 10.2 Å². The van der Waals surface area contributed by atoms with E-state index in [1.165, 1.54) is 5.56 Å². The lowest BCUT2D eigenvalue weighted by molar-refractivity contribution is 0.102. The largest absolute Gasteiger partial charge is 0.366 e. The average molecular weight is 433 g/mol. The van der Waals surface area contributed by atoms with Gasteiger partial charge in [-0.1, -0.05) is 32.0 Å². The molecule has 0 spiro atoms. The average Bonchev–Trinajstić information content (AvgIpc) is 2.78. The summed E-state index contributed by atoms with van der Waals surface area (Å²) >= 11 is 4.27. The number of aryl methyl sites for hydroxylation is 1. The Morgan fingerprint density at radius 3 is 2.84 bits per heavy atom. The molecule has 0 bridgehead atoms. The minimum absolute atomic E-state index is 0.0960. The first-order chi connectivity index (χ1) is 14.9. The molecule has 2 heterocycles. The molecule has 160 valence electrons. The van der Waals surface area contributed by atoms with E-state index in [2.05, 4.69) is 59.7 Å². The van der Waals surface area contributed by atoms with E-state index in [-0.39, 0.29) is 5.91 Å². The van der Waals surface area contributed by atoms with E-state index in [4.69, 9.17) is 0 Å². The number of fused-ring (bicyclic) bond motifs is 1. The van der Waals surface area contributed by atoms with Crippen LogP contribution in [0.3, 0.4) is 0 Å². The maximum Gasteiger partial charge on any atom is 0.255 e. The highest BCUT2D eigenvalue weighted by Crippen LogP contribution is 2.28. The predicted molar refractivity (Wildman–Crippen MR) is 129 cm³/mol. The van der Waals surface area contributed by atoms with Gasteiger partial charge in [0.15, 0.2) is 0 Å². The van der Waals surface area contributed by atoms with E-state index in [9.17, 15) is 4.79 Å². The number of carbonyl (C=O) groups excluding carboxylic acids is 1. The summed E-state index contributed by atoms with van der Waals surface area (Å²) in [5.41, 5.74) is 7.15. The third kappa shape index (κ3) is 4.74. The van der Waals surface area contributed by atoms with Crippen molar-refractivity contribution in [3.8, 4) is 0 Å². The van der Waals surface area contributed by atoms with E-state index in [0.29, 0.717) is 17.2 Å². The van der Waals surface area contributed by atoms with Gasteiger partial charge in [0.05, 0.1) is 11.4 Å². The van der Waals surface area contributed by atoms with Crippen LogP contribution in [0.4, 0.5) is 11.4 Å². The van der Waals surface area contributed by atoms with Gasteiger partial charge in [-0.2, -0.15) is 12.6 Å². The molecule has 0 unspecified atom stereocenters. The Balaban J connectivity index is 1.54. The number of amides is 1. The summed E-state index contributed by atoms with van der Waals surface area (Å²) in [6.07, 6.45) is 2.77. The van der Waals surface area contributed by atoms with Crippen molar-refractivity contribution in [2.24, 2.45) is 0 Å². The Morgan fingerprint density at radius 1 is 1.23 bits per heavy atom. The van der Waals surface area contributed by atoms with Gasteiger partial charge in [-0.05, 0) is 48.2 Å².